The molecule has 0 saturated carbocycles. The van der Waals surface area contributed by atoms with Gasteiger partial charge in [-0.1, -0.05) is 12.1 Å². The van der Waals surface area contributed by atoms with Crippen LogP contribution in [0.5, 0.6) is 0 Å². The maximum Gasteiger partial charge on any atom is 0.253 e. The molecule has 1 aromatic carbocycles. The van der Waals surface area contributed by atoms with Crippen LogP contribution in [0.25, 0.3) is 0 Å². The molecule has 1 unspecified atom stereocenters. The van der Waals surface area contributed by atoms with Crippen LogP contribution in [0.1, 0.15) is 41.6 Å². The highest BCUT2D eigenvalue weighted by Crippen LogP contribution is 2.27. The van der Waals surface area contributed by atoms with E-state index >= 15 is 0 Å². The first-order valence-electron chi connectivity index (χ1n) is 8.27. The summed E-state index contributed by atoms with van der Waals surface area (Å²) in [5.74, 6) is -0.190. The van der Waals surface area contributed by atoms with E-state index in [-0.39, 0.29) is 24.8 Å². The second kappa shape index (κ2) is 8.26. The van der Waals surface area contributed by atoms with Crippen LogP contribution < -0.4 is 5.32 Å². The van der Waals surface area contributed by atoms with E-state index in [9.17, 15) is 14.7 Å². The zero-order valence-corrected chi connectivity index (χ0v) is 14.4. The number of carbonyl (C=O) groups excluding carboxylic acids is 2. The third-order valence-corrected chi connectivity index (χ3v) is 4.42. The normalized spacial score (nSPS) is 20.7. The summed E-state index contributed by atoms with van der Waals surface area (Å²) in [5.41, 5.74) is 0.542. The fraction of sp³-hybridized carbons (Fsp3) is 0.556. The minimum atomic E-state index is -0.995. The molecule has 2 rings (SSSR count). The Balaban J connectivity index is 2.04. The number of ether oxygens (including phenoxy) is 1. The van der Waals surface area contributed by atoms with Gasteiger partial charge in [0, 0.05) is 39.2 Å². The van der Waals surface area contributed by atoms with E-state index in [1.807, 2.05) is 18.2 Å². The summed E-state index contributed by atoms with van der Waals surface area (Å²) < 4.78 is 5.10. The number of nitrogens with one attached hydrogen (secondary N) is 1. The second-order valence-electron chi connectivity index (χ2n) is 6.36. The third-order valence-electron chi connectivity index (χ3n) is 4.42. The molecular formula is C18H26N2O4. The summed E-state index contributed by atoms with van der Waals surface area (Å²) >= 11 is 0. The number of hydrogen-bond acceptors (Lipinski definition) is 4. The molecule has 1 fully saturated rings. The molecule has 0 aliphatic carbocycles. The standard InChI is InChI=1S/C18H26N2O4/c1-19-16(21)7-9-18(23)8-4-10-20(13-18)17(22)15-6-3-5-14(11-15)12-24-2/h3,5-6,11,23H,4,7-10,12-13H2,1-2H3,(H,19,21). The van der Waals surface area contributed by atoms with Gasteiger partial charge in [0.1, 0.15) is 0 Å². The molecule has 1 aliphatic rings. The number of likely N-dealkylation sites (tertiary alicyclic amines) is 1. The van der Waals surface area contributed by atoms with Gasteiger partial charge < -0.3 is 20.1 Å². The first kappa shape index (κ1) is 18.4. The molecule has 24 heavy (non-hydrogen) atoms. The molecule has 0 bridgehead atoms. The summed E-state index contributed by atoms with van der Waals surface area (Å²) in [6.07, 6.45) is 1.96. The summed E-state index contributed by atoms with van der Waals surface area (Å²) in [6, 6.07) is 7.35. The lowest BCUT2D eigenvalue weighted by Gasteiger charge is -2.39. The van der Waals surface area contributed by atoms with Crippen molar-refractivity contribution in [1.29, 1.82) is 0 Å². The average molecular weight is 334 g/mol. The van der Waals surface area contributed by atoms with Crippen LogP contribution in [0, 0.1) is 0 Å². The topological polar surface area (TPSA) is 78.9 Å². The van der Waals surface area contributed by atoms with Gasteiger partial charge in [0.15, 0.2) is 0 Å². The molecule has 0 aromatic heterocycles. The first-order valence-corrected chi connectivity index (χ1v) is 8.27. The lowest BCUT2D eigenvalue weighted by atomic mass is 9.88. The largest absolute Gasteiger partial charge is 0.388 e. The molecule has 1 heterocycles. The lowest BCUT2D eigenvalue weighted by molar-refractivity contribution is -0.122. The van der Waals surface area contributed by atoms with Crippen LogP contribution in [0.4, 0.5) is 0 Å². The number of nitrogens with zero attached hydrogens (tertiary/aromatic N) is 1. The Morgan fingerprint density at radius 3 is 2.92 bits per heavy atom. The number of piperidine rings is 1. The van der Waals surface area contributed by atoms with Gasteiger partial charge in [0.2, 0.25) is 5.91 Å². The Hall–Kier alpha value is -1.92. The predicted octanol–water partition coefficient (Wildman–Crippen LogP) is 1.33. The van der Waals surface area contributed by atoms with Crippen molar-refractivity contribution in [2.75, 3.05) is 27.2 Å². The summed E-state index contributed by atoms with van der Waals surface area (Å²) in [5, 5.41) is 13.3. The van der Waals surface area contributed by atoms with Crippen molar-refractivity contribution < 1.29 is 19.4 Å². The molecule has 2 N–H and O–H groups in total. The number of benzene rings is 1. The van der Waals surface area contributed by atoms with Crippen molar-refractivity contribution in [1.82, 2.24) is 10.2 Å². The second-order valence-corrected chi connectivity index (χ2v) is 6.36. The Morgan fingerprint density at radius 2 is 2.21 bits per heavy atom. The van der Waals surface area contributed by atoms with Crippen molar-refractivity contribution in [2.45, 2.75) is 37.9 Å². The Kier molecular flexibility index (Phi) is 6.34. The fourth-order valence-corrected chi connectivity index (χ4v) is 3.10. The quantitative estimate of drug-likeness (QED) is 0.822. The number of methoxy groups -OCH3 is 1. The highest BCUT2D eigenvalue weighted by molar-refractivity contribution is 5.94. The molecular weight excluding hydrogens is 308 g/mol. The summed E-state index contributed by atoms with van der Waals surface area (Å²) in [7, 11) is 3.20. The van der Waals surface area contributed by atoms with E-state index in [1.165, 1.54) is 0 Å². The van der Waals surface area contributed by atoms with Gasteiger partial charge in [-0.3, -0.25) is 9.59 Å². The molecule has 0 radical (unpaired) electrons. The van der Waals surface area contributed by atoms with E-state index in [0.29, 0.717) is 31.6 Å². The SMILES string of the molecule is CNC(=O)CCC1(O)CCCN(C(=O)c2cccc(COC)c2)C1. The zero-order valence-electron chi connectivity index (χ0n) is 14.4. The molecule has 1 atom stereocenters. The van der Waals surface area contributed by atoms with Crippen LogP contribution in [0.2, 0.25) is 0 Å². The maximum absolute atomic E-state index is 12.7. The van der Waals surface area contributed by atoms with Crippen molar-refractivity contribution in [3.63, 3.8) is 0 Å². The molecule has 6 nitrogen and oxygen atoms in total. The van der Waals surface area contributed by atoms with Crippen molar-refractivity contribution >= 4 is 11.8 Å². The van der Waals surface area contributed by atoms with Crippen LogP contribution >= 0.6 is 0 Å². The number of hydrogen-bond donors (Lipinski definition) is 2. The number of amides is 2. The van der Waals surface area contributed by atoms with E-state index in [0.717, 1.165) is 12.0 Å². The molecule has 1 aromatic rings. The molecule has 6 heteroatoms. The van der Waals surface area contributed by atoms with E-state index in [1.54, 1.807) is 25.1 Å². The number of carbonyl (C=O) groups is 2. The van der Waals surface area contributed by atoms with Crippen LogP contribution in [0.3, 0.4) is 0 Å². The highest BCUT2D eigenvalue weighted by atomic mass is 16.5. The minimum absolute atomic E-state index is 0.0916. The van der Waals surface area contributed by atoms with Crippen LogP contribution in [-0.2, 0) is 16.1 Å². The molecule has 1 saturated heterocycles. The third kappa shape index (κ3) is 4.79. The van der Waals surface area contributed by atoms with Gasteiger partial charge in [-0.2, -0.15) is 0 Å². The first-order chi connectivity index (χ1) is 11.5. The predicted molar refractivity (Wildman–Crippen MR) is 90.5 cm³/mol. The number of aliphatic hydroxyl groups is 1. The van der Waals surface area contributed by atoms with E-state index in [4.69, 9.17) is 4.74 Å². The van der Waals surface area contributed by atoms with Gasteiger partial charge in [0.05, 0.1) is 12.2 Å². The monoisotopic (exact) mass is 334 g/mol. The Bertz CT molecular complexity index is 590. The maximum atomic E-state index is 12.7. The Labute approximate surface area is 142 Å². The van der Waals surface area contributed by atoms with Gasteiger partial charge in [-0.15, -0.1) is 0 Å². The van der Waals surface area contributed by atoms with Crippen LogP contribution in [-0.4, -0.2) is 54.7 Å². The molecule has 132 valence electrons. The number of β-amino-alcohol motifs (C(OH)–C–C–N with tert-alkyl or cyclic N) is 1. The van der Waals surface area contributed by atoms with E-state index in [2.05, 4.69) is 5.32 Å². The average Bonchev–Trinajstić information content (AvgIpc) is 2.59. The van der Waals surface area contributed by atoms with Crippen molar-refractivity contribution in [3.8, 4) is 0 Å². The molecule has 1 aliphatic heterocycles. The fourth-order valence-electron chi connectivity index (χ4n) is 3.10. The van der Waals surface area contributed by atoms with Gasteiger partial charge >= 0.3 is 0 Å². The lowest BCUT2D eigenvalue weighted by Crippen LogP contribution is -2.50. The number of rotatable bonds is 6. The molecule has 0 spiro atoms. The van der Waals surface area contributed by atoms with Gasteiger partial charge in [0.25, 0.3) is 5.91 Å². The highest BCUT2D eigenvalue weighted by Gasteiger charge is 2.35. The Morgan fingerprint density at radius 1 is 1.42 bits per heavy atom. The summed E-state index contributed by atoms with van der Waals surface area (Å²) in [4.78, 5) is 25.8. The zero-order chi connectivity index (χ0) is 17.6. The van der Waals surface area contributed by atoms with Crippen LogP contribution in [0.15, 0.2) is 24.3 Å². The molecule has 2 amide bonds. The minimum Gasteiger partial charge on any atom is -0.388 e. The van der Waals surface area contributed by atoms with Gasteiger partial charge in [-0.05, 0) is 37.0 Å². The van der Waals surface area contributed by atoms with Crippen molar-refractivity contribution in [3.05, 3.63) is 35.4 Å². The smallest absolute Gasteiger partial charge is 0.253 e. The van der Waals surface area contributed by atoms with E-state index < -0.39 is 5.60 Å². The summed E-state index contributed by atoms with van der Waals surface area (Å²) in [6.45, 7) is 1.34. The van der Waals surface area contributed by atoms with Gasteiger partial charge in [-0.25, -0.2) is 0 Å². The van der Waals surface area contributed by atoms with Crippen molar-refractivity contribution in [2.24, 2.45) is 0 Å².